The molecule has 0 bridgehead atoms. The summed E-state index contributed by atoms with van der Waals surface area (Å²) in [6.07, 6.45) is 5.88. The molecule has 7 heteroatoms. The van der Waals surface area contributed by atoms with Crippen molar-refractivity contribution in [2.45, 2.75) is 6.42 Å². The average molecular weight is 279 g/mol. The minimum Gasteiger partial charge on any atom is -0.330 e. The van der Waals surface area contributed by atoms with Crippen molar-refractivity contribution in [3.8, 4) is 5.82 Å². The molecule has 104 valence electrons. The highest BCUT2D eigenvalue weighted by Gasteiger charge is 2.16. The van der Waals surface area contributed by atoms with Gasteiger partial charge in [0.2, 0.25) is 5.65 Å². The molecule has 1 aromatic carbocycles. The Morgan fingerprint density at radius 2 is 2.10 bits per heavy atom. The number of imidazole rings is 1. The number of fused-ring (bicyclic) bond motifs is 2. The molecule has 0 aliphatic rings. The van der Waals surface area contributed by atoms with Crippen molar-refractivity contribution in [3.05, 3.63) is 48.8 Å². The summed E-state index contributed by atoms with van der Waals surface area (Å²) in [6.45, 7) is 0.527. The number of aromatic nitrogens is 6. The first-order chi connectivity index (χ1) is 10.4. The lowest BCUT2D eigenvalue weighted by Gasteiger charge is -2.08. The Morgan fingerprint density at radius 1 is 1.19 bits per heavy atom. The maximum atomic E-state index is 5.72. The maximum Gasteiger partial charge on any atom is 0.204 e. The first-order valence-electron chi connectivity index (χ1n) is 6.69. The van der Waals surface area contributed by atoms with E-state index in [0.717, 1.165) is 16.9 Å². The minimum atomic E-state index is 0.527. The van der Waals surface area contributed by atoms with Gasteiger partial charge in [0.25, 0.3) is 0 Å². The van der Waals surface area contributed by atoms with Crippen LogP contribution in [0, 0.1) is 0 Å². The molecule has 0 radical (unpaired) electrons. The smallest absolute Gasteiger partial charge is 0.204 e. The van der Waals surface area contributed by atoms with Gasteiger partial charge in [-0.05, 0) is 18.7 Å². The third kappa shape index (κ3) is 1.78. The van der Waals surface area contributed by atoms with Gasteiger partial charge in [0, 0.05) is 18.8 Å². The molecular weight excluding hydrogens is 266 g/mol. The molecule has 3 heterocycles. The van der Waals surface area contributed by atoms with Gasteiger partial charge in [0.05, 0.1) is 11.0 Å². The van der Waals surface area contributed by atoms with Crippen LogP contribution in [0.2, 0.25) is 0 Å². The zero-order chi connectivity index (χ0) is 14.2. The van der Waals surface area contributed by atoms with Crippen LogP contribution in [0.5, 0.6) is 0 Å². The molecule has 0 unspecified atom stereocenters. The average Bonchev–Trinajstić information content (AvgIpc) is 3.11. The molecule has 0 atom stereocenters. The second-order valence-electron chi connectivity index (χ2n) is 4.70. The highest BCUT2D eigenvalue weighted by atomic mass is 15.3. The molecule has 7 nitrogen and oxygen atoms in total. The number of para-hydroxylation sites is 2. The van der Waals surface area contributed by atoms with Gasteiger partial charge in [0.1, 0.15) is 12.2 Å². The van der Waals surface area contributed by atoms with Crippen molar-refractivity contribution in [2.75, 3.05) is 6.54 Å². The molecule has 4 aromatic rings. The molecule has 21 heavy (non-hydrogen) atoms. The molecule has 3 aromatic heterocycles. The zero-order valence-electron chi connectivity index (χ0n) is 11.2. The maximum absolute atomic E-state index is 5.72. The third-order valence-electron chi connectivity index (χ3n) is 3.41. The lowest BCUT2D eigenvalue weighted by molar-refractivity contribution is 0.832. The molecule has 0 spiro atoms. The lowest BCUT2D eigenvalue weighted by Crippen LogP contribution is -2.11. The number of rotatable bonds is 3. The molecular formula is C14H13N7. The largest absolute Gasteiger partial charge is 0.330 e. The van der Waals surface area contributed by atoms with Crippen molar-refractivity contribution in [1.29, 1.82) is 0 Å². The van der Waals surface area contributed by atoms with E-state index in [2.05, 4.69) is 20.2 Å². The van der Waals surface area contributed by atoms with Crippen LogP contribution in [-0.4, -0.2) is 35.7 Å². The molecule has 2 N–H and O–H groups in total. The fraction of sp³-hybridized carbons (Fsp3) is 0.143. The summed E-state index contributed by atoms with van der Waals surface area (Å²) in [5.41, 5.74) is 8.32. The second kappa shape index (κ2) is 4.64. The van der Waals surface area contributed by atoms with Crippen molar-refractivity contribution in [3.63, 3.8) is 0 Å². The van der Waals surface area contributed by atoms with E-state index in [1.165, 1.54) is 0 Å². The van der Waals surface area contributed by atoms with Gasteiger partial charge < -0.3 is 5.73 Å². The number of nitrogens with two attached hydrogens (primary N) is 1. The highest BCUT2D eigenvalue weighted by molar-refractivity contribution is 5.79. The normalized spacial score (nSPS) is 11.5. The van der Waals surface area contributed by atoms with Crippen LogP contribution in [-0.2, 0) is 6.42 Å². The van der Waals surface area contributed by atoms with Crippen LogP contribution in [0.1, 0.15) is 5.82 Å². The monoisotopic (exact) mass is 279 g/mol. The van der Waals surface area contributed by atoms with Gasteiger partial charge in [-0.3, -0.25) is 8.97 Å². The molecule has 0 aliphatic heterocycles. The van der Waals surface area contributed by atoms with E-state index >= 15 is 0 Å². The molecule has 0 saturated carbocycles. The highest BCUT2D eigenvalue weighted by Crippen LogP contribution is 2.22. The molecule has 0 saturated heterocycles. The minimum absolute atomic E-state index is 0.527. The summed E-state index contributed by atoms with van der Waals surface area (Å²) in [7, 11) is 0. The molecule has 0 fully saturated rings. The van der Waals surface area contributed by atoms with Crippen LogP contribution in [0.25, 0.3) is 22.5 Å². The first kappa shape index (κ1) is 12.0. The predicted octanol–water partition coefficient (Wildman–Crippen LogP) is 0.964. The number of nitrogens with zero attached hydrogens (tertiary/aromatic N) is 6. The van der Waals surface area contributed by atoms with Crippen LogP contribution in [0.4, 0.5) is 0 Å². The Balaban J connectivity index is 2.09. The predicted molar refractivity (Wildman–Crippen MR) is 78.2 cm³/mol. The van der Waals surface area contributed by atoms with E-state index < -0.39 is 0 Å². The van der Waals surface area contributed by atoms with E-state index in [9.17, 15) is 0 Å². The Kier molecular flexibility index (Phi) is 2.65. The fourth-order valence-electron chi connectivity index (χ4n) is 2.51. The topological polar surface area (TPSA) is 86.9 Å². The van der Waals surface area contributed by atoms with E-state index in [1.54, 1.807) is 12.5 Å². The van der Waals surface area contributed by atoms with Gasteiger partial charge in [-0.2, -0.15) is 0 Å². The van der Waals surface area contributed by atoms with E-state index in [1.807, 2.05) is 39.4 Å². The Labute approximate surface area is 120 Å². The summed E-state index contributed by atoms with van der Waals surface area (Å²) in [4.78, 5) is 9.13. The molecule has 0 amide bonds. The van der Waals surface area contributed by atoms with Crippen molar-refractivity contribution < 1.29 is 0 Å². The second-order valence-corrected chi connectivity index (χ2v) is 4.70. The van der Waals surface area contributed by atoms with Crippen LogP contribution >= 0.6 is 0 Å². The molecule has 0 aliphatic carbocycles. The summed E-state index contributed by atoms with van der Waals surface area (Å²) in [6, 6.07) is 7.95. The van der Waals surface area contributed by atoms with E-state index in [4.69, 9.17) is 5.73 Å². The van der Waals surface area contributed by atoms with Crippen LogP contribution in [0.15, 0.2) is 43.0 Å². The summed E-state index contributed by atoms with van der Waals surface area (Å²) in [5, 5.41) is 8.10. The fourth-order valence-corrected chi connectivity index (χ4v) is 2.51. The summed E-state index contributed by atoms with van der Waals surface area (Å²) >= 11 is 0. The zero-order valence-corrected chi connectivity index (χ0v) is 11.2. The Hall–Kier alpha value is -2.80. The number of hydrogen-bond acceptors (Lipinski definition) is 5. The van der Waals surface area contributed by atoms with Crippen LogP contribution in [0.3, 0.4) is 0 Å². The number of benzene rings is 1. The van der Waals surface area contributed by atoms with Gasteiger partial charge in [-0.25, -0.2) is 9.97 Å². The van der Waals surface area contributed by atoms with Gasteiger partial charge >= 0.3 is 0 Å². The van der Waals surface area contributed by atoms with Crippen molar-refractivity contribution in [2.24, 2.45) is 5.73 Å². The van der Waals surface area contributed by atoms with Gasteiger partial charge in [-0.1, -0.05) is 12.1 Å². The summed E-state index contributed by atoms with van der Waals surface area (Å²) in [5.74, 6) is 1.59. The van der Waals surface area contributed by atoms with Gasteiger partial charge in [-0.15, -0.1) is 10.2 Å². The quantitative estimate of drug-likeness (QED) is 0.603. The number of hydrogen-bond donors (Lipinski definition) is 1. The summed E-state index contributed by atoms with van der Waals surface area (Å²) < 4.78 is 3.84. The van der Waals surface area contributed by atoms with E-state index in [-0.39, 0.29) is 0 Å². The molecule has 4 rings (SSSR count). The Bertz CT molecular complexity index is 921. The SMILES string of the molecule is NCCc1nc2ccccc2n1-c1nccn2cnnc12. The lowest BCUT2D eigenvalue weighted by atomic mass is 10.3. The standard InChI is InChI=1S/C14H13N7/c15-6-5-12-18-10-3-1-2-4-11(10)21(12)13-14-19-17-9-20(14)8-7-16-13/h1-4,7-9H,5-6,15H2. The van der Waals surface area contributed by atoms with Gasteiger partial charge in [0.15, 0.2) is 5.82 Å². The van der Waals surface area contributed by atoms with E-state index in [0.29, 0.717) is 24.4 Å². The van der Waals surface area contributed by atoms with Crippen molar-refractivity contribution >= 4 is 16.7 Å². The van der Waals surface area contributed by atoms with Crippen LogP contribution < -0.4 is 5.73 Å². The third-order valence-corrected chi connectivity index (χ3v) is 3.41. The Morgan fingerprint density at radius 3 is 3.00 bits per heavy atom. The first-order valence-corrected chi connectivity index (χ1v) is 6.69. The van der Waals surface area contributed by atoms with Crippen molar-refractivity contribution in [1.82, 2.24) is 29.1 Å².